The number of nitrogens with one attached hydrogen (secondary N) is 1. The fourth-order valence-corrected chi connectivity index (χ4v) is 5.15. The number of aromatic nitrogens is 3. The molecule has 8 nitrogen and oxygen atoms in total. The van der Waals surface area contributed by atoms with Gasteiger partial charge < -0.3 is 15.1 Å². The Balaban J connectivity index is 1.25. The van der Waals surface area contributed by atoms with Gasteiger partial charge in [0, 0.05) is 55.6 Å². The smallest absolute Gasteiger partial charge is 0.269 e. The minimum absolute atomic E-state index is 0.0337. The molecule has 178 valence electrons. The van der Waals surface area contributed by atoms with Crippen LogP contribution in [0.2, 0.25) is 0 Å². The first-order valence-electron chi connectivity index (χ1n) is 12.2. The molecule has 2 aromatic heterocycles. The molecule has 1 N–H and O–H groups in total. The molecule has 1 aromatic carbocycles. The third kappa shape index (κ3) is 4.04. The van der Waals surface area contributed by atoms with Crippen LogP contribution in [0.5, 0.6) is 0 Å². The molecule has 1 fully saturated rings. The average Bonchev–Trinajstić information content (AvgIpc) is 3.28. The first-order chi connectivity index (χ1) is 17.1. The highest BCUT2D eigenvalue weighted by molar-refractivity contribution is 5.97. The number of rotatable bonds is 3. The Morgan fingerprint density at radius 2 is 1.91 bits per heavy atom. The van der Waals surface area contributed by atoms with E-state index in [2.05, 4.69) is 28.3 Å². The quantitative estimate of drug-likeness (QED) is 0.638. The standard InChI is InChI=1S/C27H28N6O2/c1-31-11-13-32(14-12-31)27(35)19-4-2-3-18(15-19)5-7-21-16-23-20(17-29-21)6-8-22-24(23)30-33-10-9-28-26(34)25(22)33/h2-5,7,15-17H,6,8-14H2,1H3,(H,28,34). The largest absolute Gasteiger partial charge is 0.349 e. The van der Waals surface area contributed by atoms with Crippen molar-refractivity contribution in [2.75, 3.05) is 39.8 Å². The number of hydrogen-bond acceptors (Lipinski definition) is 5. The van der Waals surface area contributed by atoms with Gasteiger partial charge in [-0.1, -0.05) is 18.2 Å². The van der Waals surface area contributed by atoms with Crippen molar-refractivity contribution in [3.8, 4) is 11.3 Å². The van der Waals surface area contributed by atoms with Crippen molar-refractivity contribution < 1.29 is 9.59 Å². The Bertz CT molecular complexity index is 1350. The van der Waals surface area contributed by atoms with E-state index in [1.54, 1.807) is 0 Å². The van der Waals surface area contributed by atoms with Gasteiger partial charge >= 0.3 is 0 Å². The second-order valence-corrected chi connectivity index (χ2v) is 9.48. The number of amides is 2. The van der Waals surface area contributed by atoms with Crippen LogP contribution in [0.15, 0.2) is 36.5 Å². The van der Waals surface area contributed by atoms with E-state index in [9.17, 15) is 9.59 Å². The molecule has 6 rings (SSSR count). The molecular weight excluding hydrogens is 440 g/mol. The van der Waals surface area contributed by atoms with Crippen LogP contribution in [0.25, 0.3) is 23.4 Å². The number of pyridine rings is 1. The Kier molecular flexibility index (Phi) is 5.45. The monoisotopic (exact) mass is 468 g/mol. The lowest BCUT2D eigenvalue weighted by Gasteiger charge is -2.32. The van der Waals surface area contributed by atoms with E-state index in [1.807, 2.05) is 52.2 Å². The van der Waals surface area contributed by atoms with Crippen molar-refractivity contribution in [2.24, 2.45) is 0 Å². The number of nitrogens with zero attached hydrogens (tertiary/aromatic N) is 5. The first kappa shape index (κ1) is 21.7. The molecule has 0 saturated carbocycles. The fourth-order valence-electron chi connectivity index (χ4n) is 5.15. The third-order valence-electron chi connectivity index (χ3n) is 7.15. The summed E-state index contributed by atoms with van der Waals surface area (Å²) in [7, 11) is 2.08. The lowest BCUT2D eigenvalue weighted by molar-refractivity contribution is 0.0664. The van der Waals surface area contributed by atoms with Crippen molar-refractivity contribution in [1.82, 2.24) is 29.9 Å². The summed E-state index contributed by atoms with van der Waals surface area (Å²) < 4.78 is 1.84. The number of benzene rings is 1. The molecule has 2 amide bonds. The van der Waals surface area contributed by atoms with Gasteiger partial charge in [-0.25, -0.2) is 0 Å². The number of aryl methyl sites for hydroxylation is 1. The minimum Gasteiger partial charge on any atom is -0.349 e. The van der Waals surface area contributed by atoms with Gasteiger partial charge in [-0.05, 0) is 55.3 Å². The number of hydrogen-bond donors (Lipinski definition) is 1. The Hall–Kier alpha value is -3.78. The van der Waals surface area contributed by atoms with Crippen LogP contribution in [0, 0.1) is 0 Å². The maximum atomic E-state index is 13.0. The van der Waals surface area contributed by atoms with Crippen LogP contribution in [0.3, 0.4) is 0 Å². The minimum atomic E-state index is -0.0337. The molecule has 0 atom stereocenters. The first-order valence-corrected chi connectivity index (χ1v) is 12.2. The lowest BCUT2D eigenvalue weighted by Crippen LogP contribution is -2.47. The Morgan fingerprint density at radius 1 is 1.06 bits per heavy atom. The molecule has 3 aliphatic rings. The van der Waals surface area contributed by atoms with Gasteiger partial charge in [0.1, 0.15) is 5.69 Å². The Morgan fingerprint density at radius 3 is 2.77 bits per heavy atom. The molecule has 4 heterocycles. The van der Waals surface area contributed by atoms with Crippen LogP contribution in [0.4, 0.5) is 0 Å². The molecule has 0 spiro atoms. The number of fused-ring (bicyclic) bond motifs is 5. The number of likely N-dealkylation sites (N-methyl/N-ethyl adjacent to an activating group) is 1. The lowest BCUT2D eigenvalue weighted by atomic mass is 9.89. The normalized spacial score (nSPS) is 17.6. The van der Waals surface area contributed by atoms with Gasteiger partial charge in [-0.3, -0.25) is 19.3 Å². The Labute approximate surface area is 204 Å². The summed E-state index contributed by atoms with van der Waals surface area (Å²) in [5, 5.41) is 7.71. The summed E-state index contributed by atoms with van der Waals surface area (Å²) in [6.07, 6.45) is 7.53. The van der Waals surface area contributed by atoms with Crippen LogP contribution in [-0.2, 0) is 19.4 Å². The third-order valence-corrected chi connectivity index (χ3v) is 7.15. The zero-order valence-electron chi connectivity index (χ0n) is 19.8. The second-order valence-electron chi connectivity index (χ2n) is 9.48. The zero-order valence-corrected chi connectivity index (χ0v) is 19.8. The maximum Gasteiger partial charge on any atom is 0.269 e. The summed E-state index contributed by atoms with van der Waals surface area (Å²) in [5.41, 5.74) is 7.33. The molecule has 0 unspecified atom stereocenters. The van der Waals surface area contributed by atoms with Crippen molar-refractivity contribution in [3.63, 3.8) is 0 Å². The summed E-state index contributed by atoms with van der Waals surface area (Å²) in [4.78, 5) is 34.2. The molecule has 0 radical (unpaired) electrons. The molecule has 3 aromatic rings. The number of carbonyl (C=O) groups excluding carboxylic acids is 2. The summed E-state index contributed by atoms with van der Waals surface area (Å²) in [6, 6.07) is 9.80. The van der Waals surface area contributed by atoms with Crippen molar-refractivity contribution in [1.29, 1.82) is 0 Å². The molecule has 0 bridgehead atoms. The van der Waals surface area contributed by atoms with Gasteiger partial charge in [0.25, 0.3) is 11.8 Å². The molecular formula is C27H28N6O2. The van der Waals surface area contributed by atoms with Crippen molar-refractivity contribution >= 4 is 24.0 Å². The molecule has 2 aliphatic heterocycles. The summed E-state index contributed by atoms with van der Waals surface area (Å²) in [6.45, 7) is 4.64. The van der Waals surface area contributed by atoms with E-state index in [4.69, 9.17) is 5.10 Å². The number of carbonyl (C=O) groups is 2. The fraction of sp³-hybridized carbons (Fsp3) is 0.333. The maximum absolute atomic E-state index is 13.0. The van der Waals surface area contributed by atoms with Crippen LogP contribution in [-0.4, -0.2) is 76.2 Å². The highest BCUT2D eigenvalue weighted by atomic mass is 16.2. The van der Waals surface area contributed by atoms with Gasteiger partial charge in [0.05, 0.1) is 17.9 Å². The van der Waals surface area contributed by atoms with E-state index in [0.717, 1.165) is 72.7 Å². The van der Waals surface area contributed by atoms with E-state index >= 15 is 0 Å². The van der Waals surface area contributed by atoms with Crippen LogP contribution < -0.4 is 5.32 Å². The van der Waals surface area contributed by atoms with Crippen molar-refractivity contribution in [2.45, 2.75) is 19.4 Å². The topological polar surface area (TPSA) is 83.4 Å². The summed E-state index contributed by atoms with van der Waals surface area (Å²) >= 11 is 0. The predicted octanol–water partition coefficient (Wildman–Crippen LogP) is 2.35. The van der Waals surface area contributed by atoms with E-state index in [-0.39, 0.29) is 11.8 Å². The van der Waals surface area contributed by atoms with Gasteiger partial charge in [0.2, 0.25) is 0 Å². The zero-order chi connectivity index (χ0) is 23.9. The molecule has 1 aliphatic carbocycles. The molecule has 1 saturated heterocycles. The van der Waals surface area contributed by atoms with Crippen LogP contribution in [0.1, 0.15) is 43.2 Å². The molecule has 35 heavy (non-hydrogen) atoms. The number of piperazine rings is 1. The van der Waals surface area contributed by atoms with E-state index < -0.39 is 0 Å². The van der Waals surface area contributed by atoms with E-state index in [1.165, 1.54) is 0 Å². The van der Waals surface area contributed by atoms with Gasteiger partial charge in [-0.15, -0.1) is 0 Å². The van der Waals surface area contributed by atoms with Gasteiger partial charge in [-0.2, -0.15) is 5.10 Å². The van der Waals surface area contributed by atoms with Crippen LogP contribution >= 0.6 is 0 Å². The summed E-state index contributed by atoms with van der Waals surface area (Å²) in [5.74, 6) is 0.0502. The SMILES string of the molecule is CN1CCN(C(=O)c2cccc(C=Cc3cc4c(cn3)CCc3c-4nn4c3C(=O)NCC4)c2)CC1. The van der Waals surface area contributed by atoms with Crippen molar-refractivity contribution in [3.05, 3.63) is 70.2 Å². The second kappa shape index (κ2) is 8.78. The van der Waals surface area contributed by atoms with E-state index in [0.29, 0.717) is 24.3 Å². The average molecular weight is 469 g/mol. The predicted molar refractivity (Wildman–Crippen MR) is 134 cm³/mol. The molecule has 8 heteroatoms. The highest BCUT2D eigenvalue weighted by Crippen LogP contribution is 2.35. The highest BCUT2D eigenvalue weighted by Gasteiger charge is 2.30. The van der Waals surface area contributed by atoms with Gasteiger partial charge in [0.15, 0.2) is 0 Å².